The summed E-state index contributed by atoms with van der Waals surface area (Å²) in [6.07, 6.45) is 9.23. The second kappa shape index (κ2) is 6.23. The standard InChI is InChI=1S/C20H23ClN4O2/c21-17-2-1-15(25-19(27)23-11-24-25)6-16(17)18(26)22-10-20-7-12-3-13(8-20)5-14(4-12)9-20/h1-2,6,11-14H,3-5,7-10H2,(H,22,26)(H,23,24,27). The van der Waals surface area contributed by atoms with Crippen LogP contribution in [0.4, 0.5) is 0 Å². The summed E-state index contributed by atoms with van der Waals surface area (Å²) in [5, 5.41) is 7.49. The third-order valence-corrected chi connectivity index (χ3v) is 7.11. The summed E-state index contributed by atoms with van der Waals surface area (Å²) in [6.45, 7) is 0.720. The van der Waals surface area contributed by atoms with Gasteiger partial charge in [0.15, 0.2) is 0 Å². The zero-order chi connectivity index (χ0) is 18.6. The van der Waals surface area contributed by atoms with E-state index in [0.29, 0.717) is 16.3 Å². The number of rotatable bonds is 4. The van der Waals surface area contributed by atoms with E-state index in [2.05, 4.69) is 15.4 Å². The van der Waals surface area contributed by atoms with Crippen LogP contribution in [0.15, 0.2) is 29.3 Å². The number of aromatic nitrogens is 3. The molecule has 4 aliphatic rings. The molecule has 2 N–H and O–H groups in total. The monoisotopic (exact) mass is 386 g/mol. The molecule has 4 aliphatic carbocycles. The van der Waals surface area contributed by atoms with Crippen molar-refractivity contribution in [1.29, 1.82) is 0 Å². The summed E-state index contributed by atoms with van der Waals surface area (Å²) in [4.78, 5) is 27.1. The van der Waals surface area contributed by atoms with Gasteiger partial charge in [-0.25, -0.2) is 4.79 Å². The molecule has 1 aromatic heterocycles. The van der Waals surface area contributed by atoms with E-state index in [4.69, 9.17) is 11.6 Å². The molecule has 7 heteroatoms. The fourth-order valence-corrected chi connectivity index (χ4v) is 6.33. The fourth-order valence-electron chi connectivity index (χ4n) is 6.13. The van der Waals surface area contributed by atoms with Crippen molar-refractivity contribution in [3.63, 3.8) is 0 Å². The number of nitrogens with one attached hydrogen (secondary N) is 2. The van der Waals surface area contributed by atoms with Gasteiger partial charge in [0.05, 0.1) is 16.3 Å². The van der Waals surface area contributed by atoms with Crippen LogP contribution in [0.25, 0.3) is 5.69 Å². The molecule has 142 valence electrons. The Morgan fingerprint density at radius 1 is 1.22 bits per heavy atom. The Morgan fingerprint density at radius 3 is 2.48 bits per heavy atom. The Morgan fingerprint density at radius 2 is 1.89 bits per heavy atom. The third kappa shape index (κ3) is 3.00. The maximum absolute atomic E-state index is 12.9. The summed E-state index contributed by atoms with van der Waals surface area (Å²) in [7, 11) is 0. The molecule has 0 aliphatic heterocycles. The summed E-state index contributed by atoms with van der Waals surface area (Å²) in [5.41, 5.74) is 0.824. The number of nitrogens with zero attached hydrogens (tertiary/aromatic N) is 2. The number of carbonyl (C=O) groups excluding carboxylic acids is 1. The van der Waals surface area contributed by atoms with Gasteiger partial charge in [-0.3, -0.25) is 9.78 Å². The molecule has 0 spiro atoms. The van der Waals surface area contributed by atoms with Gasteiger partial charge in [0.1, 0.15) is 6.33 Å². The molecule has 4 bridgehead atoms. The van der Waals surface area contributed by atoms with E-state index < -0.39 is 0 Å². The highest BCUT2D eigenvalue weighted by atomic mass is 35.5. The highest BCUT2D eigenvalue weighted by Gasteiger charge is 2.50. The van der Waals surface area contributed by atoms with Crippen LogP contribution in [0.2, 0.25) is 5.02 Å². The molecule has 0 atom stereocenters. The van der Waals surface area contributed by atoms with Crippen LogP contribution in [0.3, 0.4) is 0 Å². The number of hydrogen-bond acceptors (Lipinski definition) is 3. The van der Waals surface area contributed by atoms with Crippen molar-refractivity contribution in [1.82, 2.24) is 20.1 Å². The van der Waals surface area contributed by atoms with E-state index in [9.17, 15) is 9.59 Å². The summed E-state index contributed by atoms with van der Waals surface area (Å²) in [5.74, 6) is 2.38. The van der Waals surface area contributed by atoms with Gasteiger partial charge in [-0.2, -0.15) is 9.78 Å². The Labute approximate surface area is 162 Å². The second-order valence-electron chi connectivity index (χ2n) is 8.77. The van der Waals surface area contributed by atoms with Crippen LogP contribution in [-0.2, 0) is 0 Å². The van der Waals surface area contributed by atoms with Crippen molar-refractivity contribution in [2.75, 3.05) is 6.54 Å². The van der Waals surface area contributed by atoms with Gasteiger partial charge in [-0.15, -0.1) is 0 Å². The zero-order valence-electron chi connectivity index (χ0n) is 15.1. The lowest BCUT2D eigenvalue weighted by atomic mass is 9.49. The van der Waals surface area contributed by atoms with E-state index in [1.807, 2.05) is 0 Å². The van der Waals surface area contributed by atoms with Gasteiger partial charge in [0, 0.05) is 6.54 Å². The molecule has 1 aromatic carbocycles. The predicted molar refractivity (Wildman–Crippen MR) is 102 cm³/mol. The van der Waals surface area contributed by atoms with Crippen molar-refractivity contribution in [2.45, 2.75) is 38.5 Å². The SMILES string of the molecule is O=C(NCC12CC3CC(CC(C3)C1)C2)c1cc(-n2nc[nH]c2=O)ccc1Cl. The summed E-state index contributed by atoms with van der Waals surface area (Å²) in [6, 6.07) is 4.94. The van der Waals surface area contributed by atoms with Crippen molar-refractivity contribution < 1.29 is 4.79 Å². The average molecular weight is 387 g/mol. The number of carbonyl (C=O) groups is 1. The number of benzene rings is 1. The molecule has 0 unspecified atom stereocenters. The normalized spacial score (nSPS) is 31.2. The van der Waals surface area contributed by atoms with Gasteiger partial charge >= 0.3 is 5.69 Å². The molecule has 1 amide bonds. The van der Waals surface area contributed by atoms with Gasteiger partial charge in [-0.1, -0.05) is 11.6 Å². The molecule has 2 aromatic rings. The van der Waals surface area contributed by atoms with E-state index in [0.717, 1.165) is 24.3 Å². The molecule has 4 saturated carbocycles. The predicted octanol–water partition coefficient (Wildman–Crippen LogP) is 3.16. The van der Waals surface area contributed by atoms with E-state index in [1.165, 1.54) is 49.5 Å². The van der Waals surface area contributed by atoms with Crippen LogP contribution in [0.1, 0.15) is 48.9 Å². The molecule has 4 fully saturated rings. The minimum Gasteiger partial charge on any atom is -0.351 e. The molecule has 1 heterocycles. The summed E-state index contributed by atoms with van der Waals surface area (Å²) < 4.78 is 1.21. The topological polar surface area (TPSA) is 79.8 Å². The van der Waals surface area contributed by atoms with Crippen molar-refractivity contribution in [3.05, 3.63) is 45.6 Å². The molecule has 6 nitrogen and oxygen atoms in total. The van der Waals surface area contributed by atoms with Crippen LogP contribution in [-0.4, -0.2) is 27.2 Å². The van der Waals surface area contributed by atoms with E-state index >= 15 is 0 Å². The van der Waals surface area contributed by atoms with Crippen molar-refractivity contribution >= 4 is 17.5 Å². The van der Waals surface area contributed by atoms with Crippen LogP contribution < -0.4 is 11.0 Å². The number of H-pyrrole nitrogens is 1. The number of halogens is 1. The highest BCUT2D eigenvalue weighted by Crippen LogP contribution is 2.59. The zero-order valence-corrected chi connectivity index (χ0v) is 15.8. The highest BCUT2D eigenvalue weighted by molar-refractivity contribution is 6.33. The minimum atomic E-state index is -0.350. The Hall–Kier alpha value is -2.08. The Bertz CT molecular complexity index is 912. The minimum absolute atomic E-state index is 0.179. The van der Waals surface area contributed by atoms with Gasteiger partial charge in [-0.05, 0) is 79.9 Å². The lowest BCUT2D eigenvalue weighted by molar-refractivity contribution is -0.0503. The van der Waals surface area contributed by atoms with Crippen molar-refractivity contribution in [3.8, 4) is 5.69 Å². The first-order chi connectivity index (χ1) is 13.0. The number of amides is 1. The number of aromatic amines is 1. The van der Waals surface area contributed by atoms with Gasteiger partial charge in [0.2, 0.25) is 0 Å². The maximum Gasteiger partial charge on any atom is 0.347 e. The molecular formula is C20H23ClN4O2. The first-order valence-electron chi connectivity index (χ1n) is 9.72. The van der Waals surface area contributed by atoms with E-state index in [1.54, 1.807) is 18.2 Å². The molecular weight excluding hydrogens is 364 g/mol. The molecule has 27 heavy (non-hydrogen) atoms. The fraction of sp³-hybridized carbons (Fsp3) is 0.550. The molecule has 0 radical (unpaired) electrons. The lowest BCUT2D eigenvalue weighted by Crippen LogP contribution is -2.51. The quantitative estimate of drug-likeness (QED) is 0.847. The largest absolute Gasteiger partial charge is 0.351 e. The first-order valence-corrected chi connectivity index (χ1v) is 10.1. The van der Waals surface area contributed by atoms with E-state index in [-0.39, 0.29) is 17.0 Å². The van der Waals surface area contributed by atoms with Crippen LogP contribution in [0, 0.1) is 23.2 Å². The summed E-state index contributed by atoms with van der Waals surface area (Å²) >= 11 is 6.27. The Balaban J connectivity index is 1.34. The molecule has 6 rings (SSSR count). The first kappa shape index (κ1) is 17.0. The smallest absolute Gasteiger partial charge is 0.347 e. The van der Waals surface area contributed by atoms with Crippen LogP contribution in [0.5, 0.6) is 0 Å². The lowest BCUT2D eigenvalue weighted by Gasteiger charge is -2.56. The van der Waals surface area contributed by atoms with Gasteiger partial charge < -0.3 is 5.32 Å². The second-order valence-corrected chi connectivity index (χ2v) is 9.18. The number of hydrogen-bond donors (Lipinski definition) is 2. The van der Waals surface area contributed by atoms with Gasteiger partial charge in [0.25, 0.3) is 5.91 Å². The van der Waals surface area contributed by atoms with Crippen molar-refractivity contribution in [2.24, 2.45) is 23.2 Å². The maximum atomic E-state index is 12.9. The average Bonchev–Trinajstić information content (AvgIpc) is 3.05. The van der Waals surface area contributed by atoms with Crippen LogP contribution >= 0.6 is 11.6 Å². The third-order valence-electron chi connectivity index (χ3n) is 6.78. The molecule has 0 saturated heterocycles. The Kier molecular flexibility index (Phi) is 3.93.